The molecule has 5 heteroatoms. The maximum absolute atomic E-state index is 13.2. The summed E-state index contributed by atoms with van der Waals surface area (Å²) in [4.78, 5) is 22.0. The number of halogens is 2. The molecule has 0 saturated heterocycles. The Morgan fingerprint density at radius 2 is 2.00 bits per heavy atom. The third-order valence-corrected chi connectivity index (χ3v) is 3.32. The number of hydrogen-bond acceptors (Lipinski definition) is 2. The molecule has 107 valence electrons. The van der Waals surface area contributed by atoms with Gasteiger partial charge in [0.2, 0.25) is 5.91 Å². The molecule has 0 spiro atoms. The van der Waals surface area contributed by atoms with E-state index in [1.54, 1.807) is 18.2 Å². The largest absolute Gasteiger partial charge is 0.366 e. The smallest absolute Gasteiger partial charge is 0.249 e. The van der Waals surface area contributed by atoms with Crippen molar-refractivity contribution in [2.75, 3.05) is 0 Å². The molecule has 0 saturated carbocycles. The molecule has 0 aliphatic carbocycles. The first-order valence-electron chi connectivity index (χ1n) is 6.18. The Hall–Kier alpha value is -2.20. The molecule has 0 heterocycles. The molecule has 1 amide bonds. The van der Waals surface area contributed by atoms with Gasteiger partial charge in [0.25, 0.3) is 0 Å². The van der Waals surface area contributed by atoms with Gasteiger partial charge in [0, 0.05) is 12.0 Å². The highest BCUT2D eigenvalue weighted by molar-refractivity contribution is 6.31. The maximum atomic E-state index is 13.2. The summed E-state index contributed by atoms with van der Waals surface area (Å²) in [5.74, 6) is -1.13. The van der Waals surface area contributed by atoms with Crippen molar-refractivity contribution < 1.29 is 14.0 Å². The molecule has 0 atom stereocenters. The molecule has 1 radical (unpaired) electrons. The number of carbonyl (C=O) groups is 2. The fourth-order valence-electron chi connectivity index (χ4n) is 2.02. The van der Waals surface area contributed by atoms with Crippen molar-refractivity contribution in [1.29, 1.82) is 0 Å². The van der Waals surface area contributed by atoms with Gasteiger partial charge in [-0.1, -0.05) is 29.8 Å². The van der Waals surface area contributed by atoms with Crippen molar-refractivity contribution in [3.8, 4) is 11.1 Å². The van der Waals surface area contributed by atoms with E-state index in [4.69, 9.17) is 17.3 Å². The lowest BCUT2D eigenvalue weighted by Gasteiger charge is -2.10. The summed E-state index contributed by atoms with van der Waals surface area (Å²) in [6.45, 7) is 0. The molecule has 0 aliphatic heterocycles. The number of carbonyl (C=O) groups excluding carboxylic acids is 2. The summed E-state index contributed by atoms with van der Waals surface area (Å²) in [6, 6.07) is 9.30. The SMILES string of the molecule is NC(=O)c1cc(C[CH]C=O)ccc1-c1ccc(F)c(Cl)c1. The first-order valence-corrected chi connectivity index (χ1v) is 6.56. The Morgan fingerprint density at radius 1 is 1.24 bits per heavy atom. The number of rotatable bonds is 5. The van der Waals surface area contributed by atoms with Crippen LogP contribution in [0.1, 0.15) is 15.9 Å². The number of nitrogens with two attached hydrogens (primary N) is 1. The molecule has 2 aromatic rings. The van der Waals surface area contributed by atoms with Crippen LogP contribution in [0.2, 0.25) is 5.02 Å². The van der Waals surface area contributed by atoms with Crippen LogP contribution in [0.3, 0.4) is 0 Å². The van der Waals surface area contributed by atoms with Gasteiger partial charge in [0.15, 0.2) is 0 Å². The normalized spacial score (nSPS) is 10.4. The zero-order valence-electron chi connectivity index (χ0n) is 11.0. The van der Waals surface area contributed by atoms with E-state index < -0.39 is 11.7 Å². The Morgan fingerprint density at radius 3 is 2.62 bits per heavy atom. The van der Waals surface area contributed by atoms with E-state index in [2.05, 4.69) is 0 Å². The molecule has 2 rings (SSSR count). The number of hydrogen-bond donors (Lipinski definition) is 1. The van der Waals surface area contributed by atoms with Crippen LogP contribution in [0.4, 0.5) is 4.39 Å². The van der Waals surface area contributed by atoms with Crippen LogP contribution >= 0.6 is 11.6 Å². The minimum Gasteiger partial charge on any atom is -0.366 e. The van der Waals surface area contributed by atoms with Gasteiger partial charge in [-0.05, 0) is 41.3 Å². The van der Waals surface area contributed by atoms with Gasteiger partial charge in [-0.15, -0.1) is 0 Å². The van der Waals surface area contributed by atoms with E-state index >= 15 is 0 Å². The Bertz CT molecular complexity index is 701. The summed E-state index contributed by atoms with van der Waals surface area (Å²) >= 11 is 5.76. The topological polar surface area (TPSA) is 60.2 Å². The molecule has 0 unspecified atom stereocenters. The van der Waals surface area contributed by atoms with Gasteiger partial charge in [0.1, 0.15) is 12.1 Å². The summed E-state index contributed by atoms with van der Waals surface area (Å²) < 4.78 is 13.2. The van der Waals surface area contributed by atoms with Crippen molar-refractivity contribution in [3.05, 3.63) is 64.8 Å². The number of aldehydes is 1. The number of primary amides is 1. The third kappa shape index (κ3) is 3.47. The molecule has 2 aromatic carbocycles. The van der Waals surface area contributed by atoms with Crippen molar-refractivity contribution in [2.45, 2.75) is 6.42 Å². The quantitative estimate of drug-likeness (QED) is 0.862. The lowest BCUT2D eigenvalue weighted by atomic mass is 9.96. The van der Waals surface area contributed by atoms with Crippen molar-refractivity contribution >= 4 is 23.8 Å². The molecular weight excluding hydrogens is 293 g/mol. The minimum atomic E-state index is -0.599. The van der Waals surface area contributed by atoms with E-state index in [1.807, 2.05) is 0 Å². The van der Waals surface area contributed by atoms with E-state index in [0.717, 1.165) is 5.56 Å². The maximum Gasteiger partial charge on any atom is 0.249 e. The molecule has 0 aliphatic rings. The lowest BCUT2D eigenvalue weighted by Crippen LogP contribution is -2.13. The average Bonchev–Trinajstić information content (AvgIpc) is 2.47. The standard InChI is InChI=1S/C16H12ClFNO2/c17-14-9-11(4-6-15(14)18)12-5-3-10(2-1-7-20)8-13(12)16(19)21/h1,3-9H,2H2,(H2,19,21). The number of amides is 1. The number of benzene rings is 2. The van der Waals surface area contributed by atoms with Crippen LogP contribution in [0.15, 0.2) is 36.4 Å². The van der Waals surface area contributed by atoms with Gasteiger partial charge < -0.3 is 10.5 Å². The van der Waals surface area contributed by atoms with Gasteiger partial charge in [-0.3, -0.25) is 4.79 Å². The Kier molecular flexibility index (Phi) is 4.70. The van der Waals surface area contributed by atoms with Gasteiger partial charge in [-0.25, -0.2) is 4.39 Å². The summed E-state index contributed by atoms with van der Waals surface area (Å²) in [5.41, 5.74) is 7.64. The van der Waals surface area contributed by atoms with E-state index in [9.17, 15) is 14.0 Å². The van der Waals surface area contributed by atoms with E-state index in [0.29, 0.717) is 29.4 Å². The molecule has 21 heavy (non-hydrogen) atoms. The fourth-order valence-corrected chi connectivity index (χ4v) is 2.20. The zero-order chi connectivity index (χ0) is 15.4. The summed E-state index contributed by atoms with van der Waals surface area (Å²) in [5, 5.41) is -0.0266. The molecule has 0 bridgehead atoms. The second-order valence-electron chi connectivity index (χ2n) is 4.45. The van der Waals surface area contributed by atoms with Crippen LogP contribution in [0.5, 0.6) is 0 Å². The highest BCUT2D eigenvalue weighted by atomic mass is 35.5. The van der Waals surface area contributed by atoms with Crippen LogP contribution in [0.25, 0.3) is 11.1 Å². The van der Waals surface area contributed by atoms with E-state index in [-0.39, 0.29) is 5.02 Å². The summed E-state index contributed by atoms with van der Waals surface area (Å²) in [6.07, 6.45) is 2.54. The molecular formula is C16H12ClFNO2. The first-order chi connectivity index (χ1) is 10.0. The Labute approximate surface area is 126 Å². The second-order valence-corrected chi connectivity index (χ2v) is 4.86. The highest BCUT2D eigenvalue weighted by Gasteiger charge is 2.12. The molecule has 3 nitrogen and oxygen atoms in total. The lowest BCUT2D eigenvalue weighted by molar-refractivity contribution is -0.105. The van der Waals surface area contributed by atoms with Crippen molar-refractivity contribution in [1.82, 2.24) is 0 Å². The third-order valence-electron chi connectivity index (χ3n) is 3.03. The molecule has 0 fully saturated rings. The van der Waals surface area contributed by atoms with Gasteiger partial charge in [-0.2, -0.15) is 0 Å². The average molecular weight is 305 g/mol. The zero-order valence-corrected chi connectivity index (χ0v) is 11.7. The molecule has 2 N–H and O–H groups in total. The minimum absolute atomic E-state index is 0.0266. The van der Waals surface area contributed by atoms with Crippen molar-refractivity contribution in [2.24, 2.45) is 5.73 Å². The second kappa shape index (κ2) is 6.50. The summed E-state index contributed by atoms with van der Waals surface area (Å²) in [7, 11) is 0. The predicted octanol–water partition coefficient (Wildman–Crippen LogP) is 3.19. The van der Waals surface area contributed by atoms with Gasteiger partial charge in [0.05, 0.1) is 5.02 Å². The van der Waals surface area contributed by atoms with Gasteiger partial charge >= 0.3 is 0 Å². The van der Waals surface area contributed by atoms with Crippen LogP contribution in [-0.4, -0.2) is 12.2 Å². The molecule has 0 aromatic heterocycles. The van der Waals surface area contributed by atoms with Crippen molar-refractivity contribution in [3.63, 3.8) is 0 Å². The fraction of sp³-hybridized carbons (Fsp3) is 0.0625. The first kappa shape index (κ1) is 15.2. The Balaban J connectivity index is 2.49. The van der Waals surface area contributed by atoms with Crippen LogP contribution in [-0.2, 0) is 11.2 Å². The van der Waals surface area contributed by atoms with Crippen LogP contribution < -0.4 is 5.73 Å². The predicted molar refractivity (Wildman–Crippen MR) is 79.4 cm³/mol. The monoisotopic (exact) mass is 304 g/mol. The van der Waals surface area contributed by atoms with E-state index in [1.165, 1.54) is 24.6 Å². The highest BCUT2D eigenvalue weighted by Crippen LogP contribution is 2.28. The van der Waals surface area contributed by atoms with Crippen LogP contribution in [0, 0.1) is 12.2 Å².